The number of nitrogens with zero attached hydrogens (tertiary/aromatic N) is 12. The predicted molar refractivity (Wildman–Crippen MR) is 460 cm³/mol. The Morgan fingerprint density at radius 3 is 1.06 bits per heavy atom. The Labute approximate surface area is 723 Å². The molecule has 0 aliphatic heterocycles. The van der Waals surface area contributed by atoms with Gasteiger partial charge in [0.2, 0.25) is 0 Å². The molecular weight excluding hydrogens is 1760 g/mol. The lowest BCUT2D eigenvalue weighted by atomic mass is 10.1. The SMILES string of the molecule is C.C.CC(C)(C)OC(=O)NCCCn1nc(NC(N)=S)c2cc(C(F)(F)F)ccc21.CC(C)(C)OC(=O)NCCCn1nc(Nc2nccs2)c2cc(C(F)(F)F)ccc21.CCOC(Cl)CCl.CN(C)CCCn1nc(Nc2nccs2)c2cc(C(F)(F)F)ccc21.CO.ClCCl.NCCCn1nc(Nc2nccs2)c2cc(C(F)(F)F)ccc21. The number of hydrogen-bond acceptors (Lipinski definition) is 22. The fourth-order valence-corrected chi connectivity index (χ4v) is 12.1. The lowest BCUT2D eigenvalue weighted by Gasteiger charge is -2.19. The number of alkyl carbamates (subject to hydrolysis) is 2. The van der Waals surface area contributed by atoms with Crippen molar-refractivity contribution in [3.8, 4) is 0 Å². The van der Waals surface area contributed by atoms with Crippen LogP contribution >= 0.6 is 92.6 Å². The molecule has 0 aliphatic carbocycles. The number of halogens is 16. The van der Waals surface area contributed by atoms with Gasteiger partial charge in [0.15, 0.2) is 43.8 Å². The number of aliphatic hydroxyl groups is 1. The maximum atomic E-state index is 13.2. The van der Waals surface area contributed by atoms with Gasteiger partial charge in [-0.25, -0.2) is 24.5 Å². The molecule has 7 aromatic heterocycles. The second-order valence-electron chi connectivity index (χ2n) is 26.6. The van der Waals surface area contributed by atoms with Gasteiger partial charge in [0.25, 0.3) is 0 Å². The van der Waals surface area contributed by atoms with E-state index in [0.717, 1.165) is 68.6 Å². The van der Waals surface area contributed by atoms with Crippen LogP contribution in [0.15, 0.2) is 108 Å². The Morgan fingerprint density at radius 2 is 0.817 bits per heavy atom. The van der Waals surface area contributed by atoms with Crippen LogP contribution < -0.4 is 43.4 Å². The van der Waals surface area contributed by atoms with Crippen LogP contribution in [0.25, 0.3) is 43.6 Å². The number of carbonyl (C=O) groups excluding carboxylic acids is 2. The van der Waals surface area contributed by atoms with Crippen molar-refractivity contribution in [1.82, 2.24) is 69.6 Å². The molecule has 7 heterocycles. The van der Waals surface area contributed by atoms with Gasteiger partial charge in [0.05, 0.1) is 55.5 Å². The van der Waals surface area contributed by atoms with Crippen molar-refractivity contribution in [3.63, 3.8) is 0 Å². The molecule has 46 heteroatoms. The highest BCUT2D eigenvalue weighted by molar-refractivity contribution is 7.80. The maximum absolute atomic E-state index is 13.2. The van der Waals surface area contributed by atoms with Crippen LogP contribution in [0.4, 0.5) is 101 Å². The van der Waals surface area contributed by atoms with Crippen LogP contribution in [0.5, 0.6) is 0 Å². The number of thiazole rings is 3. The summed E-state index contributed by atoms with van der Waals surface area (Å²) in [6.45, 7) is 17.0. The number of nitrogens with two attached hydrogens (primary N) is 2. The van der Waals surface area contributed by atoms with E-state index >= 15 is 0 Å². The second kappa shape index (κ2) is 49.5. The Hall–Kier alpha value is -8.56. The quantitative estimate of drug-likeness (QED) is 0.0111. The summed E-state index contributed by atoms with van der Waals surface area (Å²) < 4.78 is 178. The van der Waals surface area contributed by atoms with E-state index in [1.807, 2.05) is 21.0 Å². The monoisotopic (exact) mass is 1860 g/mol. The normalized spacial score (nSPS) is 11.7. The van der Waals surface area contributed by atoms with Crippen LogP contribution in [-0.2, 0) is 65.1 Å². The molecule has 0 saturated carbocycles. The van der Waals surface area contributed by atoms with Gasteiger partial charge in [-0.3, -0.25) is 18.7 Å². The molecule has 4 aromatic carbocycles. The zero-order valence-electron chi connectivity index (χ0n) is 65.3. The van der Waals surface area contributed by atoms with Crippen molar-refractivity contribution in [2.24, 2.45) is 11.5 Å². The van der Waals surface area contributed by atoms with Crippen molar-refractivity contribution >= 4 is 192 Å². The summed E-state index contributed by atoms with van der Waals surface area (Å²) in [5.74, 6) is 1.55. The van der Waals surface area contributed by atoms with Crippen molar-refractivity contribution in [2.45, 2.75) is 157 Å². The van der Waals surface area contributed by atoms with E-state index in [2.05, 4.69) is 72.1 Å². The predicted octanol–water partition coefficient (Wildman–Crippen LogP) is 20.7. The summed E-state index contributed by atoms with van der Waals surface area (Å²) in [7, 11) is 4.96. The first-order valence-electron chi connectivity index (χ1n) is 35.5. The molecule has 0 fully saturated rings. The summed E-state index contributed by atoms with van der Waals surface area (Å²) in [4.78, 5) is 37.7. The number of hydrogen-bond donors (Lipinski definition) is 9. The molecule has 0 bridgehead atoms. The smallest absolute Gasteiger partial charge is 0.416 e. The Balaban J connectivity index is 0.000000394. The topological polar surface area (TPSA) is 319 Å². The van der Waals surface area contributed by atoms with E-state index in [1.165, 1.54) is 63.0 Å². The van der Waals surface area contributed by atoms with Crippen LogP contribution in [0.2, 0.25) is 0 Å². The minimum absolute atomic E-state index is 0. The van der Waals surface area contributed by atoms with Gasteiger partial charge in [0, 0.05) is 109 Å². The number of rotatable bonds is 25. The first-order chi connectivity index (χ1) is 55.4. The highest BCUT2D eigenvalue weighted by Crippen LogP contribution is 2.40. The molecule has 11 aromatic rings. The molecule has 0 aliphatic rings. The van der Waals surface area contributed by atoms with Gasteiger partial charge >= 0.3 is 36.9 Å². The average molecular weight is 1860 g/mol. The van der Waals surface area contributed by atoms with Crippen molar-refractivity contribution in [3.05, 3.63) is 130 Å². The highest BCUT2D eigenvalue weighted by Gasteiger charge is 2.35. The van der Waals surface area contributed by atoms with E-state index in [9.17, 15) is 62.3 Å². The highest BCUT2D eigenvalue weighted by atomic mass is 35.5. The van der Waals surface area contributed by atoms with Crippen LogP contribution in [0.3, 0.4) is 0 Å². The molecule has 0 radical (unpaired) electrons. The number of ether oxygens (including phenoxy) is 3. The first-order valence-corrected chi connectivity index (χ1v) is 40.6. The Kier molecular flexibility index (Phi) is 43.6. The van der Waals surface area contributed by atoms with E-state index < -0.39 is 70.3 Å². The third-order valence-electron chi connectivity index (χ3n) is 15.0. The molecule has 120 heavy (non-hydrogen) atoms. The number of anilines is 7. The number of amides is 2. The standard InChI is InChI=1S/C19H22F3N5O2S.C17H22F3N5O2S.C16H18F3N5S.C14H14F3N5S.C4H8Cl2O.CH2Cl2.CH4O.2CH4/c1-18(2,3)29-17(28)24-7-4-9-27-14-6-5-12(19(20,21)22)11-13(14)15(26-27)25-16-23-8-10-30-16;1-16(2,3)27-15(26)22-7-4-8-25-12-6-5-10(17(18,19)20)9-11(12)13(24-25)23-14(21)28;1-23(2)7-3-8-24-13-5-4-11(16(17,18)19)10-12(13)14(22-24)21-15-20-6-9-25-15;15-14(16,17)9-2-3-11-10(8-9)12(20-13-19-5-7-23-13)21-22(11)6-1-4-18;1-2-7-4(6)3-5;2-1-3;1-2;;/h5-6,8,10-11H,4,7,9H2,1-3H3,(H,24,28)(H,23,25,26);5-6,9H,4,7-8H2,1-3H3,(H,22,26)(H3,21,23,24,28);4-6,9-10H,3,7-8H2,1-2H3,(H,20,21,22);2-3,5,7-8H,1,4,6,18H2,(H,19,20,21);4H,2-3H2,1H3;1H2;2H,1H3;2*1H4. The summed E-state index contributed by atoms with van der Waals surface area (Å²) in [6, 6.07) is 14.2. The number of alkyl halides is 16. The number of aliphatic hydroxyl groups excluding tert-OH is 1. The number of nitrogens with one attached hydrogen (secondary N) is 6. The van der Waals surface area contributed by atoms with Crippen LogP contribution in [0.1, 0.15) is 111 Å². The number of aryl methyl sites for hydroxylation is 4. The largest absolute Gasteiger partial charge is 0.444 e. The van der Waals surface area contributed by atoms with Crippen molar-refractivity contribution in [1.29, 1.82) is 0 Å². The van der Waals surface area contributed by atoms with Crippen molar-refractivity contribution in [2.75, 3.05) is 86.5 Å². The average Bonchev–Trinajstić information content (AvgIpc) is 1.64. The fourth-order valence-electron chi connectivity index (χ4n) is 10.2. The lowest BCUT2D eigenvalue weighted by Crippen LogP contribution is -2.33. The lowest BCUT2D eigenvalue weighted by molar-refractivity contribution is -0.138. The molecular formula is C74H98Cl4F12N20O6S4. The molecule has 0 spiro atoms. The number of aromatic nitrogens is 11. The van der Waals surface area contributed by atoms with Gasteiger partial charge in [-0.15, -0.1) is 68.8 Å². The molecule has 11 N–H and O–H groups in total. The molecule has 11 rings (SSSR count). The second-order valence-corrected chi connectivity index (χ2v) is 31.3. The zero-order chi connectivity index (χ0) is 87.9. The maximum Gasteiger partial charge on any atom is 0.416 e. The minimum Gasteiger partial charge on any atom is -0.444 e. The van der Waals surface area contributed by atoms with E-state index in [-0.39, 0.29) is 42.1 Å². The van der Waals surface area contributed by atoms with Crippen molar-refractivity contribution < 1.29 is 81.6 Å². The Bertz CT molecular complexity index is 4870. The van der Waals surface area contributed by atoms with Gasteiger partial charge in [-0.2, -0.15) is 73.1 Å². The third-order valence-corrected chi connectivity index (χ3v) is 17.9. The van der Waals surface area contributed by atoms with Gasteiger partial charge in [-0.05, 0) is 186 Å². The summed E-state index contributed by atoms with van der Waals surface area (Å²) >= 11 is 29.0. The molecule has 0 saturated heterocycles. The van der Waals surface area contributed by atoms with E-state index in [1.54, 1.807) is 90.3 Å². The van der Waals surface area contributed by atoms with Crippen LogP contribution in [0, 0.1) is 0 Å². The van der Waals surface area contributed by atoms with Gasteiger partial charge < -0.3 is 67.6 Å². The molecule has 1 unspecified atom stereocenters. The zero-order valence-corrected chi connectivity index (χ0v) is 71.6. The number of fused-ring (bicyclic) bond motifs is 4. The van der Waals surface area contributed by atoms with E-state index in [4.69, 9.17) is 89.4 Å². The number of thiocarbonyl (C=S) groups is 1. The van der Waals surface area contributed by atoms with Crippen LogP contribution in [-0.4, -0.2) is 163 Å². The number of carbonyl (C=O) groups is 2. The van der Waals surface area contributed by atoms with Gasteiger partial charge in [0.1, 0.15) is 16.8 Å². The summed E-state index contributed by atoms with van der Waals surface area (Å²) in [6.07, 6.45) is -11.4. The molecule has 1 atom stereocenters. The Morgan fingerprint density at radius 1 is 0.525 bits per heavy atom. The first kappa shape index (κ1) is 106. The fraction of sp³-hybridized carbons (Fsp3) is 0.459. The van der Waals surface area contributed by atoms with Gasteiger partial charge in [-0.1, -0.05) is 26.5 Å². The minimum atomic E-state index is -4.48. The summed E-state index contributed by atoms with van der Waals surface area (Å²) in [5, 5.41) is 49.9. The molecule has 26 nitrogen and oxygen atoms in total. The third kappa shape index (κ3) is 35.1. The van der Waals surface area contributed by atoms with E-state index in [0.29, 0.717) is 149 Å². The molecule has 2 amide bonds. The number of benzene rings is 4. The summed E-state index contributed by atoms with van der Waals surface area (Å²) in [5.41, 5.74) is 8.86. The molecule has 666 valence electrons.